The molecule has 7 heteroatoms. The Hall–Kier alpha value is -2.57. The third-order valence-corrected chi connectivity index (χ3v) is 6.24. The van der Waals surface area contributed by atoms with Crippen LogP contribution in [-0.4, -0.2) is 54.5 Å². The van der Waals surface area contributed by atoms with Crippen molar-refractivity contribution in [3.63, 3.8) is 0 Å². The smallest absolute Gasteiger partial charge is 0.326 e. The number of carbonyl (C=O) groups excluding carboxylic acids is 2. The summed E-state index contributed by atoms with van der Waals surface area (Å²) >= 11 is 0. The number of carbonyl (C=O) groups is 3. The number of ether oxygens (including phenoxy) is 1. The van der Waals surface area contributed by atoms with E-state index in [-0.39, 0.29) is 12.3 Å². The lowest BCUT2D eigenvalue weighted by molar-refractivity contribution is -0.147. The first kappa shape index (κ1) is 22.1. The van der Waals surface area contributed by atoms with Crippen molar-refractivity contribution >= 4 is 17.8 Å². The van der Waals surface area contributed by atoms with Crippen LogP contribution in [0.3, 0.4) is 0 Å². The number of carboxylic acids is 1. The van der Waals surface area contributed by atoms with E-state index >= 15 is 0 Å². The van der Waals surface area contributed by atoms with Crippen molar-refractivity contribution < 1.29 is 24.2 Å². The Morgan fingerprint density at radius 3 is 2.33 bits per heavy atom. The molecule has 2 saturated carbocycles. The lowest BCUT2D eigenvalue weighted by Gasteiger charge is -2.22. The van der Waals surface area contributed by atoms with Crippen LogP contribution >= 0.6 is 0 Å². The first-order valence-corrected chi connectivity index (χ1v) is 10.8. The number of rotatable bonds is 10. The van der Waals surface area contributed by atoms with Crippen molar-refractivity contribution in [3.05, 3.63) is 29.8 Å². The van der Waals surface area contributed by atoms with Crippen molar-refractivity contribution in [1.29, 1.82) is 0 Å². The summed E-state index contributed by atoms with van der Waals surface area (Å²) in [5, 5.41) is 12.1. The molecule has 1 atom stereocenters. The zero-order chi connectivity index (χ0) is 21.7. The Kier molecular flexibility index (Phi) is 7.00. The van der Waals surface area contributed by atoms with Gasteiger partial charge >= 0.3 is 5.97 Å². The van der Waals surface area contributed by atoms with Crippen molar-refractivity contribution in [3.8, 4) is 5.75 Å². The monoisotopic (exact) mass is 416 g/mol. The molecule has 30 heavy (non-hydrogen) atoms. The van der Waals surface area contributed by atoms with Crippen molar-refractivity contribution in [2.45, 2.75) is 57.4 Å². The van der Waals surface area contributed by atoms with Gasteiger partial charge in [-0.05, 0) is 42.9 Å². The van der Waals surface area contributed by atoms with Gasteiger partial charge in [-0.15, -0.1) is 0 Å². The lowest BCUT2D eigenvalue weighted by atomic mass is 10.0. The maximum Gasteiger partial charge on any atom is 0.326 e. The van der Waals surface area contributed by atoms with Crippen LogP contribution in [0.25, 0.3) is 0 Å². The van der Waals surface area contributed by atoms with E-state index in [1.54, 1.807) is 14.1 Å². The predicted molar refractivity (Wildman–Crippen MR) is 112 cm³/mol. The van der Waals surface area contributed by atoms with Crippen LogP contribution in [-0.2, 0) is 20.8 Å². The molecule has 2 aliphatic carbocycles. The molecule has 0 unspecified atom stereocenters. The van der Waals surface area contributed by atoms with E-state index in [1.807, 2.05) is 24.3 Å². The highest BCUT2D eigenvalue weighted by Gasteiger charge is 2.57. The van der Waals surface area contributed by atoms with E-state index in [0.29, 0.717) is 19.4 Å². The fraction of sp³-hybridized carbons (Fsp3) is 0.609. The van der Waals surface area contributed by atoms with E-state index in [1.165, 1.54) is 30.6 Å². The molecule has 0 radical (unpaired) electrons. The van der Waals surface area contributed by atoms with Gasteiger partial charge in [-0.1, -0.05) is 37.8 Å². The molecule has 0 saturated heterocycles. The van der Waals surface area contributed by atoms with E-state index in [0.717, 1.165) is 23.7 Å². The van der Waals surface area contributed by atoms with Gasteiger partial charge < -0.3 is 20.1 Å². The summed E-state index contributed by atoms with van der Waals surface area (Å²) in [6.07, 6.45) is 7.37. The van der Waals surface area contributed by atoms with Gasteiger partial charge in [0.1, 0.15) is 17.2 Å². The quantitative estimate of drug-likeness (QED) is 0.572. The molecule has 7 nitrogen and oxygen atoms in total. The molecular weight excluding hydrogens is 384 g/mol. The summed E-state index contributed by atoms with van der Waals surface area (Å²) in [5.41, 5.74) is -0.316. The summed E-state index contributed by atoms with van der Waals surface area (Å²) in [6.45, 7) is 0.694. The third-order valence-electron chi connectivity index (χ3n) is 6.24. The molecule has 2 aliphatic rings. The van der Waals surface area contributed by atoms with Gasteiger partial charge in [-0.25, -0.2) is 4.79 Å². The van der Waals surface area contributed by atoms with E-state index in [9.17, 15) is 19.5 Å². The molecular formula is C23H32N2O5. The predicted octanol–water partition coefficient (Wildman–Crippen LogP) is 2.63. The molecule has 0 spiro atoms. The molecule has 164 valence electrons. The molecule has 2 N–H and O–H groups in total. The molecule has 0 heterocycles. The zero-order valence-electron chi connectivity index (χ0n) is 17.9. The molecule has 1 aromatic carbocycles. The van der Waals surface area contributed by atoms with Crippen LogP contribution < -0.4 is 10.1 Å². The SMILES string of the molecule is CN(C)C(=O)C1(C(=O)N[C@@H](Cc2ccc(OCCC3CCCC3)cc2)C(=O)O)CC1. The molecule has 1 aromatic rings. The summed E-state index contributed by atoms with van der Waals surface area (Å²) in [7, 11) is 3.20. The highest BCUT2D eigenvalue weighted by Crippen LogP contribution is 2.47. The Bertz CT molecular complexity index is 764. The largest absolute Gasteiger partial charge is 0.494 e. The number of benzene rings is 1. The fourth-order valence-electron chi connectivity index (χ4n) is 4.19. The normalized spacial score (nSPS) is 18.5. The molecule has 2 amide bonds. The van der Waals surface area contributed by atoms with E-state index in [2.05, 4.69) is 5.32 Å². The van der Waals surface area contributed by atoms with E-state index < -0.39 is 23.3 Å². The van der Waals surface area contributed by atoms with Crippen molar-refractivity contribution in [2.24, 2.45) is 11.3 Å². The Morgan fingerprint density at radius 2 is 1.80 bits per heavy atom. The average Bonchev–Trinajstić information content (AvgIpc) is 3.37. The number of amides is 2. The molecule has 3 rings (SSSR count). The summed E-state index contributed by atoms with van der Waals surface area (Å²) in [5.74, 6) is -0.350. The molecule has 0 bridgehead atoms. The maximum atomic E-state index is 12.6. The summed E-state index contributed by atoms with van der Waals surface area (Å²) < 4.78 is 5.81. The summed E-state index contributed by atoms with van der Waals surface area (Å²) in [4.78, 5) is 38.0. The molecule has 2 fully saturated rings. The van der Waals surface area contributed by atoms with Crippen LogP contribution in [0.15, 0.2) is 24.3 Å². The van der Waals surface area contributed by atoms with Gasteiger partial charge in [0.05, 0.1) is 6.61 Å². The Balaban J connectivity index is 1.52. The third kappa shape index (κ3) is 5.32. The second kappa shape index (κ2) is 9.49. The Morgan fingerprint density at radius 1 is 1.17 bits per heavy atom. The van der Waals surface area contributed by atoms with Gasteiger partial charge in [0.25, 0.3) is 0 Å². The van der Waals surface area contributed by atoms with Crippen LogP contribution in [0.1, 0.15) is 50.5 Å². The second-order valence-electron chi connectivity index (χ2n) is 8.78. The number of hydrogen-bond donors (Lipinski definition) is 2. The maximum absolute atomic E-state index is 12.6. The standard InChI is InChI=1S/C23H32N2O5/c1-25(2)22(29)23(12-13-23)21(28)24-19(20(26)27)15-17-7-9-18(10-8-17)30-14-11-16-5-3-4-6-16/h7-10,16,19H,3-6,11-15H2,1-2H3,(H,24,28)(H,26,27)/t19-/m0/s1. The van der Waals surface area contributed by atoms with Gasteiger partial charge in [-0.2, -0.15) is 0 Å². The fourth-order valence-corrected chi connectivity index (χ4v) is 4.19. The number of nitrogens with one attached hydrogen (secondary N) is 1. The first-order valence-electron chi connectivity index (χ1n) is 10.8. The first-order chi connectivity index (χ1) is 14.3. The van der Waals surface area contributed by atoms with Gasteiger partial charge in [0.15, 0.2) is 0 Å². The average molecular weight is 417 g/mol. The minimum absolute atomic E-state index is 0.148. The number of hydrogen-bond acceptors (Lipinski definition) is 4. The van der Waals surface area contributed by atoms with Gasteiger partial charge in [0.2, 0.25) is 11.8 Å². The van der Waals surface area contributed by atoms with Crippen molar-refractivity contribution in [1.82, 2.24) is 10.2 Å². The van der Waals surface area contributed by atoms with Crippen LogP contribution in [0.2, 0.25) is 0 Å². The van der Waals surface area contributed by atoms with Gasteiger partial charge in [-0.3, -0.25) is 9.59 Å². The Labute approximate surface area is 177 Å². The molecule has 0 aromatic heterocycles. The highest BCUT2D eigenvalue weighted by atomic mass is 16.5. The second-order valence-corrected chi connectivity index (χ2v) is 8.78. The van der Waals surface area contributed by atoms with Gasteiger partial charge in [0, 0.05) is 20.5 Å². The van der Waals surface area contributed by atoms with E-state index in [4.69, 9.17) is 4.74 Å². The minimum Gasteiger partial charge on any atom is -0.494 e. The molecule has 0 aliphatic heterocycles. The highest BCUT2D eigenvalue weighted by molar-refractivity contribution is 6.08. The van der Waals surface area contributed by atoms with Crippen LogP contribution in [0.5, 0.6) is 5.75 Å². The summed E-state index contributed by atoms with van der Waals surface area (Å²) in [6, 6.07) is 6.24. The minimum atomic E-state index is -1.12. The topological polar surface area (TPSA) is 95.9 Å². The van der Waals surface area contributed by atoms with Crippen molar-refractivity contribution in [2.75, 3.05) is 20.7 Å². The van der Waals surface area contributed by atoms with Crippen LogP contribution in [0, 0.1) is 11.3 Å². The number of aliphatic carboxylic acids is 1. The number of carboxylic acid groups (broad SMARTS) is 1. The lowest BCUT2D eigenvalue weighted by Crippen LogP contribution is -2.49. The number of nitrogens with zero attached hydrogens (tertiary/aromatic N) is 1. The van der Waals surface area contributed by atoms with Crippen LogP contribution in [0.4, 0.5) is 0 Å². The zero-order valence-corrected chi connectivity index (χ0v) is 17.9.